The maximum atomic E-state index is 13.7. The number of nitrogens with zero attached hydrogens (tertiary/aromatic N) is 2. The second-order valence-corrected chi connectivity index (χ2v) is 14.9. The van der Waals surface area contributed by atoms with Gasteiger partial charge in [-0.3, -0.25) is 9.59 Å². The van der Waals surface area contributed by atoms with E-state index < -0.39 is 0 Å². The summed E-state index contributed by atoms with van der Waals surface area (Å²) in [5.41, 5.74) is 6.58. The van der Waals surface area contributed by atoms with Gasteiger partial charge in [0, 0.05) is 38.2 Å². The van der Waals surface area contributed by atoms with Gasteiger partial charge in [-0.25, -0.2) is 0 Å². The molecule has 2 saturated heterocycles. The smallest absolute Gasteiger partial charge is 0.253 e. The first-order valence-electron chi connectivity index (χ1n) is 19.7. The van der Waals surface area contributed by atoms with Gasteiger partial charge in [0.2, 0.25) is 5.91 Å². The summed E-state index contributed by atoms with van der Waals surface area (Å²) in [6.45, 7) is 5.39. The van der Waals surface area contributed by atoms with E-state index in [0.717, 1.165) is 92.2 Å². The van der Waals surface area contributed by atoms with Crippen molar-refractivity contribution in [2.24, 2.45) is 11.8 Å². The lowest BCUT2D eigenvalue weighted by Crippen LogP contribution is -2.38. The SMILES string of the molecule is O=C(CCCc1ccccc1)N(CCCc1ccccc1)Cc1cccc(-c2cccc(C(=O)N3CCC(CCCC4CCNCC4)CC3)c2)c1. The summed E-state index contributed by atoms with van der Waals surface area (Å²) in [5, 5.41) is 3.48. The zero-order valence-electron chi connectivity index (χ0n) is 30.5. The third-order valence-corrected chi connectivity index (χ3v) is 11.1. The lowest BCUT2D eigenvalue weighted by atomic mass is 9.87. The molecule has 268 valence electrons. The van der Waals surface area contributed by atoms with Crippen molar-refractivity contribution in [2.75, 3.05) is 32.7 Å². The Morgan fingerprint density at radius 1 is 0.627 bits per heavy atom. The second kappa shape index (κ2) is 19.4. The van der Waals surface area contributed by atoms with E-state index in [9.17, 15) is 9.59 Å². The third kappa shape index (κ3) is 11.4. The number of nitrogens with one attached hydrogen (secondary N) is 1. The van der Waals surface area contributed by atoms with E-state index in [0.29, 0.717) is 13.0 Å². The molecule has 0 aromatic heterocycles. The Hall–Kier alpha value is -4.22. The number of carbonyl (C=O) groups is 2. The van der Waals surface area contributed by atoms with Crippen LogP contribution in [0.4, 0.5) is 0 Å². The monoisotopic (exact) mass is 683 g/mol. The summed E-state index contributed by atoms with van der Waals surface area (Å²) in [6.07, 6.45) is 13.1. The van der Waals surface area contributed by atoms with Crippen LogP contribution in [0.5, 0.6) is 0 Å². The molecule has 6 rings (SSSR count). The van der Waals surface area contributed by atoms with E-state index in [1.807, 2.05) is 29.2 Å². The van der Waals surface area contributed by atoms with Crippen LogP contribution in [0.1, 0.15) is 91.3 Å². The molecule has 2 aliphatic heterocycles. The van der Waals surface area contributed by atoms with Crippen LogP contribution in [0.2, 0.25) is 0 Å². The second-order valence-electron chi connectivity index (χ2n) is 14.9. The Morgan fingerprint density at radius 3 is 1.90 bits per heavy atom. The van der Waals surface area contributed by atoms with Crippen LogP contribution < -0.4 is 5.32 Å². The normalized spacial score (nSPS) is 15.5. The van der Waals surface area contributed by atoms with Gasteiger partial charge in [0.15, 0.2) is 0 Å². The van der Waals surface area contributed by atoms with Crippen LogP contribution in [0.3, 0.4) is 0 Å². The molecule has 0 atom stereocenters. The van der Waals surface area contributed by atoms with E-state index >= 15 is 0 Å². The molecule has 0 aliphatic carbocycles. The molecule has 0 unspecified atom stereocenters. The van der Waals surface area contributed by atoms with Crippen molar-refractivity contribution >= 4 is 11.8 Å². The average molecular weight is 684 g/mol. The molecule has 2 fully saturated rings. The maximum absolute atomic E-state index is 13.7. The van der Waals surface area contributed by atoms with E-state index in [-0.39, 0.29) is 11.8 Å². The van der Waals surface area contributed by atoms with Gasteiger partial charge in [-0.15, -0.1) is 0 Å². The minimum absolute atomic E-state index is 0.145. The van der Waals surface area contributed by atoms with Gasteiger partial charge >= 0.3 is 0 Å². The zero-order valence-corrected chi connectivity index (χ0v) is 30.5. The molecule has 51 heavy (non-hydrogen) atoms. The number of likely N-dealkylation sites (tertiary alicyclic amines) is 1. The summed E-state index contributed by atoms with van der Waals surface area (Å²) in [4.78, 5) is 31.4. The number of rotatable bonds is 16. The summed E-state index contributed by atoms with van der Waals surface area (Å²) in [7, 11) is 0. The van der Waals surface area contributed by atoms with Crippen molar-refractivity contribution in [3.8, 4) is 11.1 Å². The van der Waals surface area contributed by atoms with Gasteiger partial charge in [0.25, 0.3) is 5.91 Å². The summed E-state index contributed by atoms with van der Waals surface area (Å²) >= 11 is 0. The van der Waals surface area contributed by atoms with Crippen LogP contribution in [0, 0.1) is 11.8 Å². The molecule has 0 spiro atoms. The molecule has 0 bridgehead atoms. The Balaban J connectivity index is 1.04. The molecular weight excluding hydrogens is 627 g/mol. The van der Waals surface area contributed by atoms with E-state index in [1.165, 1.54) is 56.3 Å². The van der Waals surface area contributed by atoms with Gasteiger partial charge in [-0.2, -0.15) is 0 Å². The molecule has 0 radical (unpaired) electrons. The molecule has 0 saturated carbocycles. The fraction of sp³-hybridized carbons (Fsp3) is 0.435. The van der Waals surface area contributed by atoms with Crippen LogP contribution in [-0.2, 0) is 24.2 Å². The fourth-order valence-electron chi connectivity index (χ4n) is 8.03. The Labute approximate surface area is 306 Å². The van der Waals surface area contributed by atoms with Crippen molar-refractivity contribution in [1.29, 1.82) is 0 Å². The molecule has 2 amide bonds. The molecule has 5 nitrogen and oxygen atoms in total. The first-order valence-corrected chi connectivity index (χ1v) is 19.7. The maximum Gasteiger partial charge on any atom is 0.253 e. The summed E-state index contributed by atoms with van der Waals surface area (Å²) in [5.74, 6) is 2.01. The van der Waals surface area contributed by atoms with Crippen molar-refractivity contribution in [3.05, 3.63) is 131 Å². The van der Waals surface area contributed by atoms with Gasteiger partial charge in [0.1, 0.15) is 0 Å². The first kappa shape index (κ1) is 36.6. The van der Waals surface area contributed by atoms with E-state index in [2.05, 4.69) is 95.1 Å². The lowest BCUT2D eigenvalue weighted by molar-refractivity contribution is -0.132. The van der Waals surface area contributed by atoms with Crippen molar-refractivity contribution in [3.63, 3.8) is 0 Å². The van der Waals surface area contributed by atoms with E-state index in [4.69, 9.17) is 0 Å². The largest absolute Gasteiger partial charge is 0.339 e. The van der Waals surface area contributed by atoms with Crippen LogP contribution in [0.15, 0.2) is 109 Å². The highest BCUT2D eigenvalue weighted by Gasteiger charge is 2.24. The molecule has 2 heterocycles. The Kier molecular flexibility index (Phi) is 13.9. The van der Waals surface area contributed by atoms with E-state index in [1.54, 1.807) is 0 Å². The molecule has 4 aromatic carbocycles. The lowest BCUT2D eigenvalue weighted by Gasteiger charge is -2.32. The predicted octanol–water partition coefficient (Wildman–Crippen LogP) is 9.36. The number of hydrogen-bond acceptors (Lipinski definition) is 3. The number of benzene rings is 4. The average Bonchev–Trinajstić information content (AvgIpc) is 3.19. The van der Waals surface area contributed by atoms with Gasteiger partial charge in [-0.05, 0) is 122 Å². The van der Waals surface area contributed by atoms with Crippen molar-refractivity contribution in [1.82, 2.24) is 15.1 Å². The number of carbonyl (C=O) groups excluding carboxylic acids is 2. The Bertz CT molecular complexity index is 1640. The standard InChI is InChI=1S/C46H57N3O2/c50-45(24-9-18-37-12-3-1-4-13-37)49(31-11-20-38-14-5-2-6-15-38)36-41-19-8-21-42(34-41)43-22-10-23-44(35-43)46(51)48-32-27-40(28-33-48)17-7-16-39-25-29-47-30-26-39/h1-6,8,10,12-15,19,21-23,34-35,39-40,47H,7,9,11,16-18,20,24-33,36H2. The third-order valence-electron chi connectivity index (χ3n) is 11.1. The number of aryl methyl sites for hydroxylation is 2. The highest BCUT2D eigenvalue weighted by Crippen LogP contribution is 2.28. The number of piperidine rings is 2. The zero-order chi connectivity index (χ0) is 35.1. The first-order chi connectivity index (χ1) is 25.1. The summed E-state index contributed by atoms with van der Waals surface area (Å²) < 4.78 is 0. The topological polar surface area (TPSA) is 52.7 Å². The fourth-order valence-corrected chi connectivity index (χ4v) is 8.03. The molecule has 1 N–H and O–H groups in total. The Morgan fingerprint density at radius 2 is 1.22 bits per heavy atom. The van der Waals surface area contributed by atoms with Crippen LogP contribution in [0.25, 0.3) is 11.1 Å². The van der Waals surface area contributed by atoms with Crippen LogP contribution in [-0.4, -0.2) is 54.3 Å². The number of amides is 2. The van der Waals surface area contributed by atoms with Crippen molar-refractivity contribution in [2.45, 2.75) is 83.6 Å². The van der Waals surface area contributed by atoms with Gasteiger partial charge < -0.3 is 15.1 Å². The quantitative estimate of drug-likeness (QED) is 0.128. The molecular formula is C46H57N3O2. The molecule has 2 aliphatic rings. The highest BCUT2D eigenvalue weighted by molar-refractivity contribution is 5.95. The minimum atomic E-state index is 0.145. The molecule has 5 heteroatoms. The highest BCUT2D eigenvalue weighted by atomic mass is 16.2. The predicted molar refractivity (Wildman–Crippen MR) is 210 cm³/mol. The van der Waals surface area contributed by atoms with Crippen molar-refractivity contribution < 1.29 is 9.59 Å². The minimum Gasteiger partial charge on any atom is -0.339 e. The molecule has 4 aromatic rings. The van der Waals surface area contributed by atoms with Gasteiger partial charge in [0.05, 0.1) is 0 Å². The number of hydrogen-bond donors (Lipinski definition) is 1. The van der Waals surface area contributed by atoms with Gasteiger partial charge in [-0.1, -0.05) is 110 Å². The van der Waals surface area contributed by atoms with Crippen LogP contribution >= 0.6 is 0 Å². The summed E-state index contributed by atoms with van der Waals surface area (Å²) in [6, 6.07) is 37.6.